The Bertz CT molecular complexity index is 104. The SMILES string of the molecule is CC=O.CC[C@H](C)CCCCCCN. The Kier molecular flexibility index (Phi) is 17.4. The van der Waals surface area contributed by atoms with Crippen molar-refractivity contribution in [3.8, 4) is 0 Å². The molecule has 0 spiro atoms. The Morgan fingerprint density at radius 3 is 2.14 bits per heavy atom. The Hall–Kier alpha value is -0.370. The lowest BCUT2D eigenvalue weighted by Crippen LogP contribution is -1.98. The summed E-state index contributed by atoms with van der Waals surface area (Å²) in [5.41, 5.74) is 5.40. The highest BCUT2D eigenvalue weighted by atomic mass is 16.1. The van der Waals surface area contributed by atoms with Crippen LogP contribution < -0.4 is 5.73 Å². The highest BCUT2D eigenvalue weighted by molar-refractivity contribution is 5.44. The summed E-state index contributed by atoms with van der Waals surface area (Å²) in [5, 5.41) is 0. The average molecular weight is 201 g/mol. The van der Waals surface area contributed by atoms with E-state index in [4.69, 9.17) is 10.5 Å². The Morgan fingerprint density at radius 1 is 1.21 bits per heavy atom. The minimum absolute atomic E-state index is 0.750. The van der Waals surface area contributed by atoms with E-state index in [1.165, 1.54) is 45.4 Å². The molecule has 0 saturated heterocycles. The molecule has 1 atom stereocenters. The molecule has 0 aliphatic carbocycles. The summed E-state index contributed by atoms with van der Waals surface area (Å²) >= 11 is 0. The molecule has 0 radical (unpaired) electrons. The first-order chi connectivity index (χ1) is 6.72. The highest BCUT2D eigenvalue weighted by Crippen LogP contribution is 2.12. The van der Waals surface area contributed by atoms with Gasteiger partial charge in [0.15, 0.2) is 0 Å². The standard InChI is InChI=1S/C10H23N.C2H4O/c1-3-10(2)8-6-4-5-7-9-11;1-2-3/h10H,3-9,11H2,1-2H3;2H,1H3/t10-;/m0./s1. The largest absolute Gasteiger partial charge is 0.330 e. The second-order valence-electron chi connectivity index (χ2n) is 3.74. The van der Waals surface area contributed by atoms with Gasteiger partial charge in [-0.1, -0.05) is 46.0 Å². The second-order valence-corrected chi connectivity index (χ2v) is 3.74. The van der Waals surface area contributed by atoms with E-state index in [1.54, 1.807) is 0 Å². The third kappa shape index (κ3) is 17.6. The van der Waals surface area contributed by atoms with Gasteiger partial charge in [0.05, 0.1) is 0 Å². The first-order valence-electron chi connectivity index (χ1n) is 5.82. The first-order valence-corrected chi connectivity index (χ1v) is 5.82. The van der Waals surface area contributed by atoms with Gasteiger partial charge in [-0.2, -0.15) is 0 Å². The molecule has 0 amide bonds. The molecule has 0 rings (SSSR count). The summed E-state index contributed by atoms with van der Waals surface area (Å²) < 4.78 is 0. The molecule has 86 valence electrons. The van der Waals surface area contributed by atoms with Gasteiger partial charge in [0.25, 0.3) is 0 Å². The van der Waals surface area contributed by atoms with E-state index in [2.05, 4.69) is 13.8 Å². The molecule has 0 aliphatic rings. The summed E-state index contributed by atoms with van der Waals surface area (Å²) in [5.74, 6) is 0.924. The zero-order valence-corrected chi connectivity index (χ0v) is 10.1. The number of hydrogen-bond acceptors (Lipinski definition) is 2. The maximum Gasteiger partial charge on any atom is 0.116 e. The Labute approximate surface area is 89.3 Å². The predicted octanol–water partition coefficient (Wildman–Crippen LogP) is 3.15. The van der Waals surface area contributed by atoms with Crippen LogP contribution in [0.4, 0.5) is 0 Å². The average Bonchev–Trinajstić information content (AvgIpc) is 2.18. The minimum Gasteiger partial charge on any atom is -0.330 e. The van der Waals surface area contributed by atoms with Gasteiger partial charge in [0, 0.05) is 0 Å². The summed E-state index contributed by atoms with van der Waals surface area (Å²) in [6, 6.07) is 0. The van der Waals surface area contributed by atoms with E-state index in [0.29, 0.717) is 0 Å². The fourth-order valence-corrected chi connectivity index (χ4v) is 1.19. The molecule has 0 aliphatic heterocycles. The molecule has 0 fully saturated rings. The van der Waals surface area contributed by atoms with Crippen molar-refractivity contribution in [2.24, 2.45) is 11.7 Å². The van der Waals surface area contributed by atoms with Crippen LogP contribution in [0.2, 0.25) is 0 Å². The monoisotopic (exact) mass is 201 g/mol. The van der Waals surface area contributed by atoms with Gasteiger partial charge < -0.3 is 10.5 Å². The van der Waals surface area contributed by atoms with Crippen molar-refractivity contribution >= 4 is 6.29 Å². The van der Waals surface area contributed by atoms with Gasteiger partial charge >= 0.3 is 0 Å². The third-order valence-corrected chi connectivity index (χ3v) is 2.35. The molecule has 2 heteroatoms. The fraction of sp³-hybridized carbons (Fsp3) is 0.917. The van der Waals surface area contributed by atoms with Crippen LogP contribution in [0.15, 0.2) is 0 Å². The van der Waals surface area contributed by atoms with Crippen molar-refractivity contribution in [3.05, 3.63) is 0 Å². The lowest BCUT2D eigenvalue weighted by molar-refractivity contribution is -0.106. The molecular weight excluding hydrogens is 174 g/mol. The topological polar surface area (TPSA) is 43.1 Å². The van der Waals surface area contributed by atoms with E-state index in [-0.39, 0.29) is 0 Å². The molecule has 0 aromatic carbocycles. The maximum atomic E-state index is 8.81. The van der Waals surface area contributed by atoms with Crippen LogP contribution in [0.1, 0.15) is 59.3 Å². The van der Waals surface area contributed by atoms with Crippen molar-refractivity contribution in [1.29, 1.82) is 0 Å². The van der Waals surface area contributed by atoms with Crippen molar-refractivity contribution in [2.45, 2.75) is 59.3 Å². The third-order valence-electron chi connectivity index (χ3n) is 2.35. The van der Waals surface area contributed by atoms with Crippen LogP contribution >= 0.6 is 0 Å². The fourth-order valence-electron chi connectivity index (χ4n) is 1.19. The van der Waals surface area contributed by atoms with Crippen LogP contribution in [-0.2, 0) is 4.79 Å². The van der Waals surface area contributed by atoms with Crippen molar-refractivity contribution in [1.82, 2.24) is 0 Å². The van der Waals surface area contributed by atoms with Crippen LogP contribution in [0.5, 0.6) is 0 Å². The summed E-state index contributed by atoms with van der Waals surface area (Å²) in [4.78, 5) is 8.81. The molecule has 0 heterocycles. The maximum absolute atomic E-state index is 8.81. The number of aldehydes is 1. The second kappa shape index (κ2) is 15.1. The number of carbonyl (C=O) groups is 1. The van der Waals surface area contributed by atoms with Crippen molar-refractivity contribution < 1.29 is 4.79 Å². The molecule has 0 unspecified atom stereocenters. The van der Waals surface area contributed by atoms with Crippen LogP contribution in [-0.4, -0.2) is 12.8 Å². The van der Waals surface area contributed by atoms with Gasteiger partial charge in [0.1, 0.15) is 6.29 Å². The predicted molar refractivity (Wildman–Crippen MR) is 63.3 cm³/mol. The van der Waals surface area contributed by atoms with E-state index in [9.17, 15) is 0 Å². The number of carbonyl (C=O) groups excluding carboxylic acids is 1. The Morgan fingerprint density at radius 2 is 1.71 bits per heavy atom. The number of hydrogen-bond donors (Lipinski definition) is 1. The summed E-state index contributed by atoms with van der Waals surface area (Å²) in [6.07, 6.45) is 8.79. The van der Waals surface area contributed by atoms with Crippen LogP contribution in [0.25, 0.3) is 0 Å². The van der Waals surface area contributed by atoms with Crippen LogP contribution in [0, 0.1) is 5.92 Å². The van der Waals surface area contributed by atoms with E-state index in [1.807, 2.05) is 0 Å². The van der Waals surface area contributed by atoms with Gasteiger partial charge in [-0.05, 0) is 25.8 Å². The van der Waals surface area contributed by atoms with Crippen molar-refractivity contribution in [3.63, 3.8) is 0 Å². The smallest absolute Gasteiger partial charge is 0.116 e. The van der Waals surface area contributed by atoms with Gasteiger partial charge in [0.2, 0.25) is 0 Å². The molecule has 0 aromatic heterocycles. The van der Waals surface area contributed by atoms with E-state index in [0.717, 1.165) is 18.7 Å². The van der Waals surface area contributed by atoms with Crippen LogP contribution in [0.3, 0.4) is 0 Å². The first kappa shape index (κ1) is 16.1. The molecule has 0 bridgehead atoms. The quantitative estimate of drug-likeness (QED) is 0.508. The molecule has 0 saturated carbocycles. The zero-order chi connectivity index (χ0) is 11.2. The van der Waals surface area contributed by atoms with Gasteiger partial charge in [-0.3, -0.25) is 0 Å². The minimum atomic E-state index is 0.750. The van der Waals surface area contributed by atoms with E-state index < -0.39 is 0 Å². The van der Waals surface area contributed by atoms with Crippen molar-refractivity contribution in [2.75, 3.05) is 6.54 Å². The summed E-state index contributed by atoms with van der Waals surface area (Å²) in [7, 11) is 0. The summed E-state index contributed by atoms with van der Waals surface area (Å²) in [6.45, 7) is 6.91. The lowest BCUT2D eigenvalue weighted by Gasteiger charge is -2.06. The molecular formula is C12H27NO. The normalized spacial score (nSPS) is 11.4. The molecule has 2 nitrogen and oxygen atoms in total. The zero-order valence-electron chi connectivity index (χ0n) is 10.1. The molecule has 2 N–H and O–H groups in total. The number of nitrogens with two attached hydrogens (primary N) is 1. The number of rotatable bonds is 7. The number of unbranched alkanes of at least 4 members (excludes halogenated alkanes) is 3. The Balaban J connectivity index is 0. The lowest BCUT2D eigenvalue weighted by atomic mass is 10.0. The molecule has 0 aromatic rings. The van der Waals surface area contributed by atoms with Gasteiger partial charge in [-0.15, -0.1) is 0 Å². The van der Waals surface area contributed by atoms with Gasteiger partial charge in [-0.25, -0.2) is 0 Å². The highest BCUT2D eigenvalue weighted by Gasteiger charge is 1.97. The molecule has 14 heavy (non-hydrogen) atoms. The van der Waals surface area contributed by atoms with E-state index >= 15 is 0 Å².